The van der Waals surface area contributed by atoms with E-state index in [0.29, 0.717) is 29.4 Å². The first-order chi connectivity index (χ1) is 14.3. The Morgan fingerprint density at radius 1 is 1.27 bits per heavy atom. The molecule has 0 saturated carbocycles. The minimum Gasteiger partial charge on any atom is -0.480 e. The Hall–Kier alpha value is -2.52. The Bertz CT molecular complexity index is 1070. The second kappa shape index (κ2) is 9.09. The summed E-state index contributed by atoms with van der Waals surface area (Å²) in [7, 11) is -3.34. The number of rotatable bonds is 8. The number of aromatic nitrogens is 1. The Labute approximate surface area is 176 Å². The molecule has 1 aromatic heterocycles. The molecule has 1 aliphatic heterocycles. The van der Waals surface area contributed by atoms with Crippen molar-refractivity contribution in [1.29, 1.82) is 0 Å². The van der Waals surface area contributed by atoms with Gasteiger partial charge in [-0.1, -0.05) is 32.0 Å². The largest absolute Gasteiger partial charge is 0.480 e. The number of carbonyl (C=O) groups is 2. The van der Waals surface area contributed by atoms with Gasteiger partial charge < -0.3 is 10.4 Å². The van der Waals surface area contributed by atoms with Gasteiger partial charge in [-0.05, 0) is 19.0 Å². The van der Waals surface area contributed by atoms with Crippen molar-refractivity contribution in [3.8, 4) is 0 Å². The van der Waals surface area contributed by atoms with Crippen molar-refractivity contribution in [2.45, 2.75) is 39.3 Å². The zero-order chi connectivity index (χ0) is 21.9. The van der Waals surface area contributed by atoms with E-state index in [0.717, 1.165) is 24.3 Å². The SMILES string of the molecule is CCN1CCc2nc3ccccc3c(C(=O)NC(CCS(=O)(=O)CC)C(=O)O)c2C1. The molecule has 0 aliphatic carbocycles. The van der Waals surface area contributed by atoms with Crippen LogP contribution in [-0.2, 0) is 27.6 Å². The number of pyridine rings is 1. The van der Waals surface area contributed by atoms with Gasteiger partial charge in [-0.15, -0.1) is 0 Å². The first kappa shape index (κ1) is 22.2. The Morgan fingerprint density at radius 3 is 2.67 bits per heavy atom. The number of hydrogen-bond acceptors (Lipinski definition) is 6. The fraction of sp³-hybridized carbons (Fsp3) is 0.476. The summed E-state index contributed by atoms with van der Waals surface area (Å²) in [5.74, 6) is -2.12. The molecule has 3 rings (SSSR count). The monoisotopic (exact) mass is 433 g/mol. The molecule has 8 nitrogen and oxygen atoms in total. The van der Waals surface area contributed by atoms with E-state index < -0.39 is 27.8 Å². The number of nitrogens with zero attached hydrogens (tertiary/aromatic N) is 2. The number of hydrogen-bond donors (Lipinski definition) is 2. The number of nitrogens with one attached hydrogen (secondary N) is 1. The van der Waals surface area contributed by atoms with Crippen LogP contribution in [-0.4, -0.2) is 65.9 Å². The lowest BCUT2D eigenvalue weighted by atomic mass is 9.95. The van der Waals surface area contributed by atoms with Gasteiger partial charge in [0, 0.05) is 41.9 Å². The van der Waals surface area contributed by atoms with E-state index in [1.807, 2.05) is 25.1 Å². The average Bonchev–Trinajstić information content (AvgIpc) is 2.74. The van der Waals surface area contributed by atoms with E-state index in [1.54, 1.807) is 6.07 Å². The third-order valence-corrected chi connectivity index (χ3v) is 7.30. The molecule has 30 heavy (non-hydrogen) atoms. The number of amides is 1. The van der Waals surface area contributed by atoms with Crippen molar-refractivity contribution in [3.63, 3.8) is 0 Å². The third-order valence-electron chi connectivity index (χ3n) is 5.56. The van der Waals surface area contributed by atoms with Crippen LogP contribution in [0.15, 0.2) is 24.3 Å². The van der Waals surface area contributed by atoms with Crippen molar-refractivity contribution in [1.82, 2.24) is 15.2 Å². The maximum absolute atomic E-state index is 13.3. The van der Waals surface area contributed by atoms with Crippen LogP contribution in [0.5, 0.6) is 0 Å². The van der Waals surface area contributed by atoms with Crippen LogP contribution < -0.4 is 5.32 Å². The zero-order valence-corrected chi connectivity index (χ0v) is 18.0. The predicted octanol–water partition coefficient (Wildman–Crippen LogP) is 1.62. The fourth-order valence-electron chi connectivity index (χ4n) is 3.70. The van der Waals surface area contributed by atoms with Crippen LogP contribution in [0.1, 0.15) is 41.9 Å². The normalized spacial score (nSPS) is 15.5. The Morgan fingerprint density at radius 2 is 2.00 bits per heavy atom. The summed E-state index contributed by atoms with van der Waals surface area (Å²) in [4.78, 5) is 31.9. The van der Waals surface area contributed by atoms with Crippen molar-refractivity contribution in [2.24, 2.45) is 0 Å². The van der Waals surface area contributed by atoms with Crippen molar-refractivity contribution >= 4 is 32.6 Å². The number of sulfone groups is 1. The minimum absolute atomic E-state index is 0.0668. The topological polar surface area (TPSA) is 117 Å². The molecule has 0 fully saturated rings. The molecule has 1 amide bonds. The number of likely N-dealkylation sites (N-methyl/N-ethyl adjacent to an activating group) is 1. The fourth-order valence-corrected chi connectivity index (χ4v) is 4.59. The Kier molecular flexibility index (Phi) is 6.72. The standard InChI is InChI=1S/C21H27N3O5S/c1-3-24-11-9-17-15(13-24)19(14-7-5-6-8-16(14)22-17)20(25)23-18(21(26)27)10-12-30(28,29)4-2/h5-8,18H,3-4,9-13H2,1-2H3,(H,23,25)(H,26,27). The van der Waals surface area contributed by atoms with E-state index in [9.17, 15) is 23.1 Å². The smallest absolute Gasteiger partial charge is 0.326 e. The molecule has 1 aromatic carbocycles. The highest BCUT2D eigenvalue weighted by Crippen LogP contribution is 2.28. The van der Waals surface area contributed by atoms with E-state index >= 15 is 0 Å². The molecule has 162 valence electrons. The molecule has 1 unspecified atom stereocenters. The van der Waals surface area contributed by atoms with Crippen LogP contribution in [0.4, 0.5) is 0 Å². The number of carboxylic acids is 1. The zero-order valence-electron chi connectivity index (χ0n) is 17.2. The molecule has 2 aromatic rings. The minimum atomic E-state index is -3.34. The van der Waals surface area contributed by atoms with Gasteiger partial charge in [-0.3, -0.25) is 14.7 Å². The number of aliphatic carboxylic acids is 1. The van der Waals surface area contributed by atoms with E-state index in [-0.39, 0.29) is 17.9 Å². The van der Waals surface area contributed by atoms with Crippen molar-refractivity contribution in [3.05, 3.63) is 41.1 Å². The first-order valence-corrected chi connectivity index (χ1v) is 11.9. The molecule has 0 radical (unpaired) electrons. The summed E-state index contributed by atoms with van der Waals surface area (Å²) in [6.07, 6.45) is 0.537. The summed E-state index contributed by atoms with van der Waals surface area (Å²) in [6, 6.07) is 6.02. The van der Waals surface area contributed by atoms with Crippen LogP contribution in [0.25, 0.3) is 10.9 Å². The van der Waals surface area contributed by atoms with Crippen LogP contribution >= 0.6 is 0 Å². The van der Waals surface area contributed by atoms with Gasteiger partial charge in [-0.25, -0.2) is 13.2 Å². The van der Waals surface area contributed by atoms with Crippen LogP contribution in [0, 0.1) is 0 Å². The summed E-state index contributed by atoms with van der Waals surface area (Å²) < 4.78 is 23.6. The molecule has 2 N–H and O–H groups in total. The molecular weight excluding hydrogens is 406 g/mol. The summed E-state index contributed by atoms with van der Waals surface area (Å²) in [5, 5.41) is 12.8. The lowest BCUT2D eigenvalue weighted by Crippen LogP contribution is -2.43. The van der Waals surface area contributed by atoms with Crippen LogP contribution in [0.2, 0.25) is 0 Å². The molecule has 0 bridgehead atoms. The van der Waals surface area contributed by atoms with Gasteiger partial charge in [0.25, 0.3) is 5.91 Å². The summed E-state index contributed by atoms with van der Waals surface area (Å²) >= 11 is 0. The van der Waals surface area contributed by atoms with E-state index in [1.165, 1.54) is 6.92 Å². The quantitative estimate of drug-likeness (QED) is 0.650. The highest BCUT2D eigenvalue weighted by molar-refractivity contribution is 7.91. The molecule has 0 spiro atoms. The van der Waals surface area contributed by atoms with E-state index in [2.05, 4.69) is 10.2 Å². The first-order valence-electron chi connectivity index (χ1n) is 10.1. The van der Waals surface area contributed by atoms with Crippen LogP contribution in [0.3, 0.4) is 0 Å². The second-order valence-corrected chi connectivity index (χ2v) is 9.91. The van der Waals surface area contributed by atoms with Crippen molar-refractivity contribution in [2.75, 3.05) is 24.6 Å². The van der Waals surface area contributed by atoms with Gasteiger partial charge in [-0.2, -0.15) is 0 Å². The van der Waals surface area contributed by atoms with Gasteiger partial charge in [0.05, 0.1) is 16.8 Å². The number of carbonyl (C=O) groups excluding carboxylic acids is 1. The maximum Gasteiger partial charge on any atom is 0.326 e. The molecule has 1 atom stereocenters. The van der Waals surface area contributed by atoms with Gasteiger partial charge in [0.15, 0.2) is 0 Å². The van der Waals surface area contributed by atoms with E-state index in [4.69, 9.17) is 4.98 Å². The number of carboxylic acid groups (broad SMARTS) is 1. The lowest BCUT2D eigenvalue weighted by molar-refractivity contribution is -0.139. The average molecular weight is 434 g/mol. The number of fused-ring (bicyclic) bond motifs is 2. The lowest BCUT2D eigenvalue weighted by Gasteiger charge is -2.29. The summed E-state index contributed by atoms with van der Waals surface area (Å²) in [5.41, 5.74) is 2.78. The summed E-state index contributed by atoms with van der Waals surface area (Å²) in [6.45, 7) is 5.81. The molecule has 1 aliphatic rings. The molecular formula is C21H27N3O5S. The highest BCUT2D eigenvalue weighted by atomic mass is 32.2. The highest BCUT2D eigenvalue weighted by Gasteiger charge is 2.28. The maximum atomic E-state index is 13.3. The van der Waals surface area contributed by atoms with Gasteiger partial charge in [0.1, 0.15) is 15.9 Å². The van der Waals surface area contributed by atoms with Gasteiger partial charge >= 0.3 is 5.97 Å². The third kappa shape index (κ3) is 4.79. The van der Waals surface area contributed by atoms with Gasteiger partial charge in [0.2, 0.25) is 0 Å². The molecule has 9 heteroatoms. The number of para-hydroxylation sites is 1. The number of benzene rings is 1. The Balaban J connectivity index is 1.98. The predicted molar refractivity (Wildman–Crippen MR) is 114 cm³/mol. The van der Waals surface area contributed by atoms with Crippen molar-refractivity contribution < 1.29 is 23.1 Å². The second-order valence-electron chi connectivity index (χ2n) is 7.44. The molecule has 2 heterocycles. The molecule has 0 saturated heterocycles.